The lowest BCUT2D eigenvalue weighted by Gasteiger charge is -2.13. The van der Waals surface area contributed by atoms with E-state index in [2.05, 4.69) is 22.9 Å². The van der Waals surface area contributed by atoms with Crippen LogP contribution in [0.3, 0.4) is 0 Å². The molecule has 3 amide bonds. The molecule has 3 N–H and O–H groups in total. The number of carbonyl (C=O) groups excluding carboxylic acids is 3. The van der Waals surface area contributed by atoms with Crippen LogP contribution < -0.4 is 20.7 Å². The topological polar surface area (TPSA) is 110 Å². The van der Waals surface area contributed by atoms with Crippen LogP contribution in [-0.4, -0.2) is 30.6 Å². The second-order valence-corrected chi connectivity index (χ2v) is 11.6. The normalized spacial score (nSPS) is 11.1. The fraction of sp³-hybridized carbons (Fsp3) is 0.132. The van der Waals surface area contributed by atoms with E-state index >= 15 is 0 Å². The first-order chi connectivity index (χ1) is 22.8. The van der Waals surface area contributed by atoms with Crippen molar-refractivity contribution in [2.75, 3.05) is 23.5 Å². The Morgan fingerprint density at radius 1 is 0.830 bits per heavy atom. The van der Waals surface area contributed by atoms with E-state index in [4.69, 9.17) is 9.15 Å². The first kappa shape index (κ1) is 32.8. The number of rotatable bonds is 12. The molecule has 0 fully saturated rings. The molecule has 238 valence electrons. The summed E-state index contributed by atoms with van der Waals surface area (Å²) in [6.07, 6.45) is 2.31. The molecule has 0 atom stereocenters. The highest BCUT2D eigenvalue weighted by Gasteiger charge is 2.17. The van der Waals surface area contributed by atoms with Crippen LogP contribution in [0, 0.1) is 6.92 Å². The van der Waals surface area contributed by atoms with E-state index in [1.807, 2.05) is 67.6 Å². The van der Waals surface area contributed by atoms with Gasteiger partial charge in [-0.15, -0.1) is 11.8 Å². The van der Waals surface area contributed by atoms with Crippen LogP contribution in [-0.2, 0) is 16.0 Å². The second-order valence-electron chi connectivity index (χ2n) is 10.6. The monoisotopic (exact) mass is 645 g/mol. The van der Waals surface area contributed by atoms with E-state index in [1.54, 1.807) is 55.6 Å². The number of carbonyl (C=O) groups is 3. The third kappa shape index (κ3) is 8.59. The SMILES string of the molecule is CCc1cccc(C)c1NC(=O)CSc1ccc(NC(=O)/C(=C\c2ccc(-c3ccccc3OC)o2)NC(=O)c2ccccc2)cc1. The Morgan fingerprint density at radius 3 is 2.32 bits per heavy atom. The number of methoxy groups -OCH3 is 1. The minimum atomic E-state index is -0.533. The van der Waals surface area contributed by atoms with Crippen LogP contribution in [0.4, 0.5) is 11.4 Å². The molecule has 0 radical (unpaired) electrons. The smallest absolute Gasteiger partial charge is 0.272 e. The maximum Gasteiger partial charge on any atom is 0.272 e. The second kappa shape index (κ2) is 15.6. The number of aryl methyl sites for hydroxylation is 2. The number of amides is 3. The van der Waals surface area contributed by atoms with Crippen molar-refractivity contribution in [1.82, 2.24) is 5.32 Å². The van der Waals surface area contributed by atoms with Gasteiger partial charge in [-0.05, 0) is 85.1 Å². The Kier molecular flexibility index (Phi) is 10.9. The highest BCUT2D eigenvalue weighted by molar-refractivity contribution is 8.00. The number of para-hydroxylation sites is 2. The van der Waals surface area contributed by atoms with Gasteiger partial charge >= 0.3 is 0 Å². The van der Waals surface area contributed by atoms with Gasteiger partial charge in [-0.2, -0.15) is 0 Å². The number of hydrogen-bond acceptors (Lipinski definition) is 6. The van der Waals surface area contributed by atoms with Gasteiger partial charge in [0, 0.05) is 27.9 Å². The van der Waals surface area contributed by atoms with Crippen molar-refractivity contribution < 1.29 is 23.5 Å². The standard InChI is InChI=1S/C38H35N3O5S/c1-4-26-14-10-11-25(2)36(26)41-35(42)24-47-30-20-17-28(18-21-30)39-38(44)32(40-37(43)27-12-6-5-7-13-27)23-29-19-22-34(46-29)31-15-8-9-16-33(31)45-3/h5-23H,4,24H2,1-3H3,(H,39,44)(H,40,43)(H,41,42)/b32-23+. The van der Waals surface area contributed by atoms with E-state index < -0.39 is 11.8 Å². The molecule has 0 aliphatic carbocycles. The summed E-state index contributed by atoms with van der Waals surface area (Å²) in [6.45, 7) is 4.04. The number of thioether (sulfide) groups is 1. The van der Waals surface area contributed by atoms with Crippen LogP contribution in [0.15, 0.2) is 124 Å². The highest BCUT2D eigenvalue weighted by Crippen LogP contribution is 2.31. The maximum absolute atomic E-state index is 13.5. The van der Waals surface area contributed by atoms with Gasteiger partial charge in [-0.1, -0.05) is 55.5 Å². The lowest BCUT2D eigenvalue weighted by atomic mass is 10.1. The third-order valence-electron chi connectivity index (χ3n) is 7.30. The Bertz CT molecular complexity index is 1900. The van der Waals surface area contributed by atoms with Gasteiger partial charge in [0.2, 0.25) is 5.91 Å². The number of furan rings is 1. The van der Waals surface area contributed by atoms with E-state index in [-0.39, 0.29) is 17.4 Å². The van der Waals surface area contributed by atoms with Gasteiger partial charge in [-0.25, -0.2) is 0 Å². The summed E-state index contributed by atoms with van der Waals surface area (Å²) < 4.78 is 11.5. The summed E-state index contributed by atoms with van der Waals surface area (Å²) in [7, 11) is 1.58. The van der Waals surface area contributed by atoms with Crippen molar-refractivity contribution in [3.05, 3.63) is 137 Å². The number of anilines is 2. The van der Waals surface area contributed by atoms with Crippen LogP contribution in [0.5, 0.6) is 5.75 Å². The molecule has 0 aliphatic heterocycles. The number of hydrogen-bond donors (Lipinski definition) is 3. The van der Waals surface area contributed by atoms with Gasteiger partial charge in [-0.3, -0.25) is 14.4 Å². The van der Waals surface area contributed by atoms with Crippen molar-refractivity contribution in [3.8, 4) is 17.1 Å². The molecule has 0 saturated carbocycles. The Balaban J connectivity index is 1.28. The average Bonchev–Trinajstić information content (AvgIpc) is 3.57. The number of ether oxygens (including phenoxy) is 1. The molecule has 0 saturated heterocycles. The lowest BCUT2D eigenvalue weighted by molar-refractivity contribution is -0.114. The van der Waals surface area contributed by atoms with Gasteiger partial charge < -0.3 is 25.1 Å². The molecule has 5 rings (SSSR count). The minimum absolute atomic E-state index is 0.00226. The fourth-order valence-corrected chi connectivity index (χ4v) is 5.57. The summed E-state index contributed by atoms with van der Waals surface area (Å²) >= 11 is 1.40. The van der Waals surface area contributed by atoms with Crippen molar-refractivity contribution in [2.24, 2.45) is 0 Å². The van der Waals surface area contributed by atoms with Gasteiger partial charge in [0.25, 0.3) is 11.8 Å². The minimum Gasteiger partial charge on any atom is -0.496 e. The molecule has 1 aromatic heterocycles. The summed E-state index contributed by atoms with van der Waals surface area (Å²) in [5, 5.41) is 8.62. The van der Waals surface area contributed by atoms with Crippen LogP contribution >= 0.6 is 11.8 Å². The van der Waals surface area contributed by atoms with Crippen molar-refractivity contribution in [3.63, 3.8) is 0 Å². The molecular formula is C38H35N3O5S. The molecule has 47 heavy (non-hydrogen) atoms. The molecule has 9 heteroatoms. The fourth-order valence-electron chi connectivity index (χ4n) is 4.87. The van der Waals surface area contributed by atoms with Crippen LogP contribution in [0.2, 0.25) is 0 Å². The molecule has 0 unspecified atom stereocenters. The largest absolute Gasteiger partial charge is 0.496 e. The molecular weight excluding hydrogens is 611 g/mol. The zero-order chi connectivity index (χ0) is 33.2. The molecule has 0 bridgehead atoms. The molecule has 0 spiro atoms. The van der Waals surface area contributed by atoms with Crippen molar-refractivity contribution in [1.29, 1.82) is 0 Å². The van der Waals surface area contributed by atoms with Gasteiger partial charge in [0.1, 0.15) is 23.0 Å². The molecule has 1 heterocycles. The summed E-state index contributed by atoms with van der Waals surface area (Å²) in [6, 6.07) is 32.7. The van der Waals surface area contributed by atoms with Crippen LogP contribution in [0.25, 0.3) is 17.4 Å². The Morgan fingerprint density at radius 2 is 1.57 bits per heavy atom. The Labute approximate surface area is 278 Å². The maximum atomic E-state index is 13.5. The zero-order valence-electron chi connectivity index (χ0n) is 26.3. The first-order valence-electron chi connectivity index (χ1n) is 15.1. The molecule has 4 aromatic carbocycles. The average molecular weight is 646 g/mol. The van der Waals surface area contributed by atoms with E-state index in [9.17, 15) is 14.4 Å². The van der Waals surface area contributed by atoms with Gasteiger partial charge in [0.05, 0.1) is 18.4 Å². The lowest BCUT2D eigenvalue weighted by Crippen LogP contribution is -2.30. The number of benzene rings is 4. The molecule has 5 aromatic rings. The Hall–Kier alpha value is -5.54. The summed E-state index contributed by atoms with van der Waals surface area (Å²) in [5.74, 6) is 0.737. The van der Waals surface area contributed by atoms with E-state index in [1.165, 1.54) is 17.8 Å². The predicted octanol–water partition coefficient (Wildman–Crippen LogP) is 7.97. The molecule has 0 aliphatic rings. The predicted molar refractivity (Wildman–Crippen MR) is 188 cm³/mol. The highest BCUT2D eigenvalue weighted by atomic mass is 32.2. The quantitative estimate of drug-likeness (QED) is 0.0938. The first-order valence-corrected chi connectivity index (χ1v) is 16.1. The van der Waals surface area contributed by atoms with E-state index in [0.29, 0.717) is 28.5 Å². The van der Waals surface area contributed by atoms with E-state index in [0.717, 1.165) is 33.7 Å². The van der Waals surface area contributed by atoms with Crippen molar-refractivity contribution >= 4 is 46.9 Å². The third-order valence-corrected chi connectivity index (χ3v) is 8.31. The summed E-state index contributed by atoms with van der Waals surface area (Å²) in [5.41, 5.74) is 4.67. The van der Waals surface area contributed by atoms with Crippen LogP contribution in [0.1, 0.15) is 34.2 Å². The van der Waals surface area contributed by atoms with Crippen molar-refractivity contribution in [2.45, 2.75) is 25.2 Å². The summed E-state index contributed by atoms with van der Waals surface area (Å²) in [4.78, 5) is 40.1. The molecule has 8 nitrogen and oxygen atoms in total. The van der Waals surface area contributed by atoms with Gasteiger partial charge in [0.15, 0.2) is 0 Å². The zero-order valence-corrected chi connectivity index (χ0v) is 27.1. The number of nitrogens with one attached hydrogen (secondary N) is 3.